The predicted molar refractivity (Wildman–Crippen MR) is 95.8 cm³/mol. The van der Waals surface area contributed by atoms with Crippen LogP contribution < -0.4 is 5.56 Å². The van der Waals surface area contributed by atoms with E-state index in [1.807, 2.05) is 22.7 Å². The zero-order valence-electron chi connectivity index (χ0n) is 14.2. The molecule has 3 aromatic heterocycles. The molecule has 4 aromatic rings. The molecule has 1 aliphatic carbocycles. The average Bonchev–Trinajstić information content (AvgIpc) is 3.07. The Bertz CT molecular complexity index is 1230. The van der Waals surface area contributed by atoms with Crippen molar-refractivity contribution in [1.82, 2.24) is 28.9 Å². The van der Waals surface area contributed by atoms with Crippen LogP contribution in [0.5, 0.6) is 0 Å². The first kappa shape index (κ1) is 15.5. The van der Waals surface area contributed by atoms with Gasteiger partial charge in [-0.05, 0) is 25.0 Å². The maximum atomic E-state index is 12.8. The molecule has 132 valence electrons. The molecule has 26 heavy (non-hydrogen) atoms. The van der Waals surface area contributed by atoms with Gasteiger partial charge in [-0.1, -0.05) is 22.9 Å². The van der Waals surface area contributed by atoms with E-state index in [0.29, 0.717) is 27.4 Å². The van der Waals surface area contributed by atoms with E-state index < -0.39 is 0 Å². The summed E-state index contributed by atoms with van der Waals surface area (Å²) in [4.78, 5) is 17.3. The van der Waals surface area contributed by atoms with E-state index in [0.717, 1.165) is 18.5 Å². The third kappa shape index (κ3) is 1.94. The van der Waals surface area contributed by atoms with E-state index >= 15 is 0 Å². The molecule has 0 amide bonds. The fourth-order valence-electron chi connectivity index (χ4n) is 3.43. The molecule has 0 bridgehead atoms. The van der Waals surface area contributed by atoms with Gasteiger partial charge in [0, 0.05) is 14.2 Å². The highest BCUT2D eigenvalue weighted by Gasteiger charge is 2.47. The van der Waals surface area contributed by atoms with E-state index in [9.17, 15) is 4.79 Å². The van der Waals surface area contributed by atoms with Gasteiger partial charge < -0.3 is 4.74 Å². The van der Waals surface area contributed by atoms with Crippen molar-refractivity contribution in [3.05, 3.63) is 51.8 Å². The summed E-state index contributed by atoms with van der Waals surface area (Å²) in [5, 5.41) is 9.32. The highest BCUT2D eigenvalue weighted by molar-refractivity contribution is 6.35. The number of aryl methyl sites for hydroxylation is 1. The minimum atomic E-state index is -0.333. The van der Waals surface area contributed by atoms with Crippen molar-refractivity contribution in [1.29, 1.82) is 0 Å². The Labute approximate surface area is 152 Å². The number of aromatic nitrogens is 6. The molecule has 5 rings (SSSR count). The molecule has 0 unspecified atom stereocenters. The van der Waals surface area contributed by atoms with E-state index in [-0.39, 0.29) is 11.2 Å². The highest BCUT2D eigenvalue weighted by atomic mass is 35.5. The molecule has 1 aromatic carbocycles. The largest absolute Gasteiger partial charge is 0.372 e. The van der Waals surface area contributed by atoms with E-state index in [1.165, 1.54) is 4.57 Å². The van der Waals surface area contributed by atoms with Crippen LogP contribution in [0.3, 0.4) is 0 Å². The van der Waals surface area contributed by atoms with Gasteiger partial charge in [0.1, 0.15) is 17.6 Å². The molecule has 0 aliphatic heterocycles. The number of halogens is 1. The number of hydrogen-bond acceptors (Lipinski definition) is 5. The van der Waals surface area contributed by atoms with Gasteiger partial charge in [-0.2, -0.15) is 4.68 Å². The fourth-order valence-corrected chi connectivity index (χ4v) is 3.68. The van der Waals surface area contributed by atoms with Crippen LogP contribution in [-0.4, -0.2) is 36.1 Å². The summed E-state index contributed by atoms with van der Waals surface area (Å²) >= 11 is 6.25. The second-order valence-electron chi connectivity index (χ2n) is 6.51. The van der Waals surface area contributed by atoms with Crippen molar-refractivity contribution < 1.29 is 4.74 Å². The van der Waals surface area contributed by atoms with Crippen LogP contribution in [0, 0.1) is 0 Å². The normalized spacial score (nSPS) is 15.8. The highest BCUT2D eigenvalue weighted by Crippen LogP contribution is 2.47. The lowest BCUT2D eigenvalue weighted by molar-refractivity contribution is 0.0751. The van der Waals surface area contributed by atoms with Crippen LogP contribution in [-0.2, 0) is 17.4 Å². The zero-order valence-corrected chi connectivity index (χ0v) is 14.9. The molecule has 3 heterocycles. The molecule has 9 heteroatoms. The lowest BCUT2D eigenvalue weighted by Gasteiger charge is -2.09. The second kappa shape index (κ2) is 5.15. The number of rotatable bonds is 3. The van der Waals surface area contributed by atoms with Crippen molar-refractivity contribution in [2.75, 3.05) is 7.11 Å². The van der Waals surface area contributed by atoms with Crippen LogP contribution in [0.2, 0.25) is 5.02 Å². The standard InChI is InChI=1S/C17H15ClN6O2/c1-22-15-14(24-8-12(20-21-24)17(26-2)6-7-17)19-9-23(15)11-5-3-4-10(18)13(11)16(22)25/h3-5,8-9H,6-7H2,1-2H3. The van der Waals surface area contributed by atoms with Gasteiger partial charge in [0.25, 0.3) is 5.56 Å². The van der Waals surface area contributed by atoms with Gasteiger partial charge in [-0.3, -0.25) is 13.8 Å². The first-order valence-electron chi connectivity index (χ1n) is 8.18. The Morgan fingerprint density at radius 1 is 1.31 bits per heavy atom. The number of fused-ring (bicyclic) bond motifs is 3. The Kier molecular flexibility index (Phi) is 3.08. The summed E-state index contributed by atoms with van der Waals surface area (Å²) in [5.74, 6) is 0.525. The molecule has 8 nitrogen and oxygen atoms in total. The first-order chi connectivity index (χ1) is 12.6. The Balaban J connectivity index is 1.78. The molecule has 1 saturated carbocycles. The molecule has 0 atom stereocenters. The number of ether oxygens (including phenoxy) is 1. The predicted octanol–water partition coefficient (Wildman–Crippen LogP) is 2.06. The molecule has 0 radical (unpaired) electrons. The van der Waals surface area contributed by atoms with E-state index in [1.54, 1.807) is 31.2 Å². The maximum absolute atomic E-state index is 12.8. The molecule has 1 aliphatic rings. The van der Waals surface area contributed by atoms with Crippen LogP contribution >= 0.6 is 11.6 Å². The van der Waals surface area contributed by atoms with Crippen molar-refractivity contribution in [3.8, 4) is 5.82 Å². The fraction of sp³-hybridized carbons (Fsp3) is 0.294. The number of hydrogen-bond donors (Lipinski definition) is 0. The minimum Gasteiger partial charge on any atom is -0.372 e. The van der Waals surface area contributed by atoms with Crippen LogP contribution in [0.1, 0.15) is 18.5 Å². The quantitative estimate of drug-likeness (QED) is 0.551. The van der Waals surface area contributed by atoms with Gasteiger partial charge in [0.05, 0.1) is 22.1 Å². The van der Waals surface area contributed by atoms with Crippen molar-refractivity contribution >= 4 is 28.2 Å². The molecule has 0 spiro atoms. The van der Waals surface area contributed by atoms with Gasteiger partial charge >= 0.3 is 0 Å². The summed E-state index contributed by atoms with van der Waals surface area (Å²) < 4.78 is 10.5. The van der Waals surface area contributed by atoms with E-state index in [4.69, 9.17) is 16.3 Å². The summed E-state index contributed by atoms with van der Waals surface area (Å²) in [6.07, 6.45) is 5.32. The van der Waals surface area contributed by atoms with Crippen molar-refractivity contribution in [2.24, 2.45) is 7.05 Å². The number of nitrogens with zero attached hydrogens (tertiary/aromatic N) is 6. The number of methoxy groups -OCH3 is 1. The van der Waals surface area contributed by atoms with Crippen LogP contribution in [0.25, 0.3) is 22.4 Å². The smallest absolute Gasteiger partial charge is 0.262 e. The SMILES string of the molecule is COC1(c2cn(-c3ncn4c5cccc(Cl)c5c(=O)n(C)c34)nn2)CC1. The van der Waals surface area contributed by atoms with Crippen molar-refractivity contribution in [3.63, 3.8) is 0 Å². The summed E-state index contributed by atoms with van der Waals surface area (Å²) in [7, 11) is 3.37. The van der Waals surface area contributed by atoms with E-state index in [2.05, 4.69) is 15.3 Å². The molecule has 0 saturated heterocycles. The second-order valence-corrected chi connectivity index (χ2v) is 6.91. The molecule has 1 fully saturated rings. The van der Waals surface area contributed by atoms with Crippen LogP contribution in [0.4, 0.5) is 0 Å². The lowest BCUT2D eigenvalue weighted by atomic mass is 10.2. The minimum absolute atomic E-state index is 0.184. The lowest BCUT2D eigenvalue weighted by Crippen LogP contribution is -2.20. The molecular weight excluding hydrogens is 356 g/mol. The zero-order chi connectivity index (χ0) is 18.1. The summed E-state index contributed by atoms with van der Waals surface area (Å²) in [6.45, 7) is 0. The van der Waals surface area contributed by atoms with Gasteiger partial charge in [0.2, 0.25) is 0 Å². The Hall–Kier alpha value is -2.71. The molecular formula is C17H15ClN6O2. The Morgan fingerprint density at radius 2 is 2.12 bits per heavy atom. The Morgan fingerprint density at radius 3 is 2.85 bits per heavy atom. The monoisotopic (exact) mass is 370 g/mol. The first-order valence-corrected chi connectivity index (χ1v) is 8.56. The number of benzene rings is 1. The van der Waals surface area contributed by atoms with Crippen LogP contribution in [0.15, 0.2) is 35.5 Å². The third-order valence-electron chi connectivity index (χ3n) is 5.08. The average molecular weight is 371 g/mol. The van der Waals surface area contributed by atoms with Gasteiger partial charge in [-0.15, -0.1) is 5.10 Å². The topological polar surface area (TPSA) is 79.2 Å². The van der Waals surface area contributed by atoms with Gasteiger partial charge in [0.15, 0.2) is 11.5 Å². The summed E-state index contributed by atoms with van der Waals surface area (Å²) in [6, 6.07) is 5.36. The molecule has 0 N–H and O–H groups in total. The summed E-state index contributed by atoms with van der Waals surface area (Å²) in [5.41, 5.74) is 1.57. The third-order valence-corrected chi connectivity index (χ3v) is 5.40. The maximum Gasteiger partial charge on any atom is 0.262 e. The van der Waals surface area contributed by atoms with Gasteiger partial charge in [-0.25, -0.2) is 4.98 Å². The van der Waals surface area contributed by atoms with Crippen molar-refractivity contribution in [2.45, 2.75) is 18.4 Å². The number of imidazole rings is 1.